The molecule has 0 atom stereocenters. The summed E-state index contributed by atoms with van der Waals surface area (Å²) in [5.74, 6) is 1.40. The van der Waals surface area contributed by atoms with Gasteiger partial charge in [-0.05, 0) is 39.3 Å². The van der Waals surface area contributed by atoms with Crippen LogP contribution in [0.5, 0.6) is 0 Å². The van der Waals surface area contributed by atoms with Gasteiger partial charge in [0.25, 0.3) is 5.91 Å². The van der Waals surface area contributed by atoms with Crippen molar-refractivity contribution in [3.8, 4) is 0 Å². The Kier molecular flexibility index (Phi) is 3.80. The maximum absolute atomic E-state index is 11.7. The SMILES string of the molecule is Cc1ccc(C(=O)NC(C)(C)CCCl)o1. The highest BCUT2D eigenvalue weighted by Gasteiger charge is 2.21. The molecule has 0 bridgehead atoms. The average molecular weight is 230 g/mol. The lowest BCUT2D eigenvalue weighted by Gasteiger charge is -2.24. The van der Waals surface area contributed by atoms with Crippen LogP contribution < -0.4 is 5.32 Å². The standard InChI is InChI=1S/C11H16ClNO2/c1-8-4-5-9(15-8)10(14)13-11(2,3)6-7-12/h4-5H,6-7H2,1-3H3,(H,13,14). The van der Waals surface area contributed by atoms with Crippen LogP contribution in [-0.2, 0) is 0 Å². The molecular weight excluding hydrogens is 214 g/mol. The van der Waals surface area contributed by atoms with Crippen molar-refractivity contribution in [3.63, 3.8) is 0 Å². The van der Waals surface area contributed by atoms with Crippen molar-refractivity contribution in [2.75, 3.05) is 5.88 Å². The summed E-state index contributed by atoms with van der Waals surface area (Å²) in [5, 5.41) is 2.87. The molecule has 1 rings (SSSR count). The van der Waals surface area contributed by atoms with Crippen molar-refractivity contribution >= 4 is 17.5 Å². The van der Waals surface area contributed by atoms with E-state index in [1.54, 1.807) is 19.1 Å². The Hall–Kier alpha value is -0.960. The molecule has 84 valence electrons. The molecule has 1 N–H and O–H groups in total. The number of carbonyl (C=O) groups excluding carboxylic acids is 1. The van der Waals surface area contributed by atoms with E-state index in [2.05, 4.69) is 5.32 Å². The Bertz CT molecular complexity index is 344. The van der Waals surface area contributed by atoms with Crippen LogP contribution in [0.1, 0.15) is 36.6 Å². The summed E-state index contributed by atoms with van der Waals surface area (Å²) in [6.07, 6.45) is 0.722. The second kappa shape index (κ2) is 4.71. The molecule has 0 saturated carbocycles. The minimum Gasteiger partial charge on any atom is -0.456 e. The molecule has 3 nitrogen and oxygen atoms in total. The van der Waals surface area contributed by atoms with E-state index in [4.69, 9.17) is 16.0 Å². The minimum atomic E-state index is -0.306. The summed E-state index contributed by atoms with van der Waals surface area (Å²) in [5.41, 5.74) is -0.306. The fourth-order valence-corrected chi connectivity index (χ4v) is 1.70. The van der Waals surface area contributed by atoms with Crippen molar-refractivity contribution < 1.29 is 9.21 Å². The number of hydrogen-bond acceptors (Lipinski definition) is 2. The number of rotatable bonds is 4. The Morgan fingerprint density at radius 1 is 1.53 bits per heavy atom. The van der Waals surface area contributed by atoms with E-state index in [-0.39, 0.29) is 11.4 Å². The summed E-state index contributed by atoms with van der Waals surface area (Å²) >= 11 is 5.64. The second-order valence-corrected chi connectivity index (χ2v) is 4.57. The van der Waals surface area contributed by atoms with Crippen molar-refractivity contribution in [3.05, 3.63) is 23.7 Å². The third-order valence-electron chi connectivity index (χ3n) is 2.14. The quantitative estimate of drug-likeness (QED) is 0.807. The number of furan rings is 1. The van der Waals surface area contributed by atoms with E-state index in [1.807, 2.05) is 13.8 Å². The highest BCUT2D eigenvalue weighted by atomic mass is 35.5. The van der Waals surface area contributed by atoms with Gasteiger partial charge < -0.3 is 9.73 Å². The minimum absolute atomic E-state index is 0.196. The lowest BCUT2D eigenvalue weighted by Crippen LogP contribution is -2.43. The lowest BCUT2D eigenvalue weighted by atomic mass is 10.0. The zero-order valence-corrected chi connectivity index (χ0v) is 10.0. The van der Waals surface area contributed by atoms with E-state index < -0.39 is 0 Å². The van der Waals surface area contributed by atoms with E-state index in [9.17, 15) is 4.79 Å². The van der Waals surface area contributed by atoms with Crippen molar-refractivity contribution in [1.29, 1.82) is 0 Å². The third-order valence-corrected chi connectivity index (χ3v) is 2.32. The predicted octanol–water partition coefficient (Wildman–Crippen LogP) is 2.73. The number of aryl methyl sites for hydroxylation is 1. The van der Waals surface area contributed by atoms with Crippen molar-refractivity contribution in [1.82, 2.24) is 5.32 Å². The number of hydrogen-bond donors (Lipinski definition) is 1. The molecule has 1 aromatic rings. The molecule has 15 heavy (non-hydrogen) atoms. The van der Waals surface area contributed by atoms with Crippen LogP contribution in [0.4, 0.5) is 0 Å². The van der Waals surface area contributed by atoms with Crippen LogP contribution in [0.2, 0.25) is 0 Å². The number of nitrogens with one attached hydrogen (secondary N) is 1. The Labute approximate surface area is 94.8 Å². The molecule has 0 aliphatic rings. The summed E-state index contributed by atoms with van der Waals surface area (Å²) in [6, 6.07) is 3.44. The Morgan fingerprint density at radius 3 is 2.67 bits per heavy atom. The smallest absolute Gasteiger partial charge is 0.287 e. The van der Waals surface area contributed by atoms with Crippen molar-refractivity contribution in [2.45, 2.75) is 32.7 Å². The predicted molar refractivity (Wildman–Crippen MR) is 60.3 cm³/mol. The fourth-order valence-electron chi connectivity index (χ4n) is 1.22. The molecule has 4 heteroatoms. The molecule has 1 aromatic heterocycles. The molecule has 0 spiro atoms. The first-order valence-electron chi connectivity index (χ1n) is 4.89. The van der Waals surface area contributed by atoms with Gasteiger partial charge >= 0.3 is 0 Å². The summed E-state index contributed by atoms with van der Waals surface area (Å²) < 4.78 is 5.22. The van der Waals surface area contributed by atoms with E-state index in [1.165, 1.54) is 0 Å². The maximum atomic E-state index is 11.7. The van der Waals surface area contributed by atoms with Gasteiger partial charge in [0.15, 0.2) is 5.76 Å². The molecule has 0 unspecified atom stereocenters. The Balaban J connectivity index is 2.63. The maximum Gasteiger partial charge on any atom is 0.287 e. The van der Waals surface area contributed by atoms with Gasteiger partial charge in [-0.15, -0.1) is 11.6 Å². The average Bonchev–Trinajstić information content (AvgIpc) is 2.50. The lowest BCUT2D eigenvalue weighted by molar-refractivity contribution is 0.0882. The highest BCUT2D eigenvalue weighted by Crippen LogP contribution is 2.12. The van der Waals surface area contributed by atoms with Crippen molar-refractivity contribution in [2.24, 2.45) is 0 Å². The molecule has 0 fully saturated rings. The summed E-state index contributed by atoms with van der Waals surface area (Å²) in [7, 11) is 0. The summed E-state index contributed by atoms with van der Waals surface area (Å²) in [4.78, 5) is 11.7. The van der Waals surface area contributed by atoms with Gasteiger partial charge in [0.1, 0.15) is 5.76 Å². The van der Waals surface area contributed by atoms with Gasteiger partial charge in [-0.2, -0.15) is 0 Å². The topological polar surface area (TPSA) is 42.2 Å². The first kappa shape index (κ1) is 12.1. The molecule has 0 aliphatic heterocycles. The van der Waals surface area contributed by atoms with Gasteiger partial charge in [0.05, 0.1) is 0 Å². The van der Waals surface area contributed by atoms with Crippen LogP contribution in [0, 0.1) is 6.92 Å². The number of alkyl halides is 1. The third kappa shape index (κ3) is 3.59. The molecule has 1 heterocycles. The molecule has 1 amide bonds. The largest absolute Gasteiger partial charge is 0.456 e. The first-order valence-corrected chi connectivity index (χ1v) is 5.43. The number of halogens is 1. The molecule has 0 saturated heterocycles. The van der Waals surface area contributed by atoms with Crippen LogP contribution >= 0.6 is 11.6 Å². The van der Waals surface area contributed by atoms with Gasteiger partial charge in [-0.3, -0.25) is 4.79 Å². The molecule has 0 aliphatic carbocycles. The monoisotopic (exact) mass is 229 g/mol. The zero-order valence-electron chi connectivity index (χ0n) is 9.26. The zero-order chi connectivity index (χ0) is 11.5. The molecule has 0 radical (unpaired) electrons. The first-order chi connectivity index (χ1) is 6.94. The number of carbonyl (C=O) groups is 1. The van der Waals surface area contributed by atoms with E-state index >= 15 is 0 Å². The van der Waals surface area contributed by atoms with Gasteiger partial charge in [-0.1, -0.05) is 0 Å². The second-order valence-electron chi connectivity index (χ2n) is 4.19. The van der Waals surface area contributed by atoms with Crippen LogP contribution in [0.3, 0.4) is 0 Å². The van der Waals surface area contributed by atoms with Gasteiger partial charge in [-0.25, -0.2) is 0 Å². The molecular formula is C11H16ClNO2. The number of amides is 1. The fraction of sp³-hybridized carbons (Fsp3) is 0.545. The normalized spacial score (nSPS) is 11.5. The van der Waals surface area contributed by atoms with Gasteiger partial charge in [0, 0.05) is 11.4 Å². The van der Waals surface area contributed by atoms with E-state index in [0.29, 0.717) is 11.6 Å². The summed E-state index contributed by atoms with van der Waals surface area (Å²) in [6.45, 7) is 5.67. The molecule has 0 aromatic carbocycles. The van der Waals surface area contributed by atoms with Crippen LogP contribution in [0.25, 0.3) is 0 Å². The Morgan fingerprint density at radius 2 is 2.20 bits per heavy atom. The van der Waals surface area contributed by atoms with E-state index in [0.717, 1.165) is 12.2 Å². The van der Waals surface area contributed by atoms with Crippen LogP contribution in [0.15, 0.2) is 16.5 Å². The van der Waals surface area contributed by atoms with Gasteiger partial charge in [0.2, 0.25) is 0 Å². The van der Waals surface area contributed by atoms with Crippen LogP contribution in [-0.4, -0.2) is 17.3 Å². The highest BCUT2D eigenvalue weighted by molar-refractivity contribution is 6.17.